The lowest BCUT2D eigenvalue weighted by molar-refractivity contribution is 0.411. The standard InChI is InChI=1S/C13H21N/c1-13(2,3)9-11-5-7-12(8-6-11)10-14-4/h5-8,14H,9-10H2,1-4H3. The summed E-state index contributed by atoms with van der Waals surface area (Å²) in [5, 5.41) is 3.15. The Morgan fingerprint density at radius 2 is 1.50 bits per heavy atom. The number of hydrogen-bond donors (Lipinski definition) is 1. The number of hydrogen-bond acceptors (Lipinski definition) is 1. The fourth-order valence-corrected chi connectivity index (χ4v) is 1.59. The molecule has 0 aromatic heterocycles. The molecule has 0 saturated carbocycles. The van der Waals surface area contributed by atoms with Crippen LogP contribution in [0.2, 0.25) is 0 Å². The first-order valence-electron chi connectivity index (χ1n) is 5.24. The molecule has 0 amide bonds. The molecule has 1 aromatic carbocycles. The smallest absolute Gasteiger partial charge is 0.0202 e. The SMILES string of the molecule is CNCc1ccc(CC(C)(C)C)cc1. The molecule has 0 heterocycles. The number of nitrogens with one attached hydrogen (secondary N) is 1. The average Bonchev–Trinajstić information content (AvgIpc) is 2.06. The van der Waals surface area contributed by atoms with Crippen LogP contribution in [0.25, 0.3) is 0 Å². The Morgan fingerprint density at radius 1 is 1.00 bits per heavy atom. The lowest BCUT2D eigenvalue weighted by atomic mass is 9.88. The first-order valence-corrected chi connectivity index (χ1v) is 5.24. The number of rotatable bonds is 3. The lowest BCUT2D eigenvalue weighted by Crippen LogP contribution is -2.09. The molecule has 0 bridgehead atoms. The van der Waals surface area contributed by atoms with E-state index in [1.54, 1.807) is 0 Å². The van der Waals surface area contributed by atoms with E-state index in [2.05, 4.69) is 50.4 Å². The van der Waals surface area contributed by atoms with Gasteiger partial charge in [0.05, 0.1) is 0 Å². The molecule has 0 radical (unpaired) electrons. The molecule has 0 spiro atoms. The Bertz CT molecular complexity index is 266. The van der Waals surface area contributed by atoms with E-state index < -0.39 is 0 Å². The van der Waals surface area contributed by atoms with E-state index >= 15 is 0 Å². The summed E-state index contributed by atoms with van der Waals surface area (Å²) in [4.78, 5) is 0. The molecule has 14 heavy (non-hydrogen) atoms. The van der Waals surface area contributed by atoms with E-state index in [-0.39, 0.29) is 0 Å². The van der Waals surface area contributed by atoms with Gasteiger partial charge in [0, 0.05) is 6.54 Å². The van der Waals surface area contributed by atoms with E-state index in [0.29, 0.717) is 5.41 Å². The quantitative estimate of drug-likeness (QED) is 0.774. The van der Waals surface area contributed by atoms with Gasteiger partial charge in [-0.05, 0) is 30.0 Å². The van der Waals surface area contributed by atoms with Crippen LogP contribution in [0.3, 0.4) is 0 Å². The largest absolute Gasteiger partial charge is 0.316 e. The lowest BCUT2D eigenvalue weighted by Gasteiger charge is -2.18. The van der Waals surface area contributed by atoms with Crippen LogP contribution in [-0.2, 0) is 13.0 Å². The molecule has 0 saturated heterocycles. The third-order valence-electron chi connectivity index (χ3n) is 2.14. The molecule has 1 nitrogen and oxygen atoms in total. The van der Waals surface area contributed by atoms with Crippen LogP contribution in [0.4, 0.5) is 0 Å². The van der Waals surface area contributed by atoms with Crippen LogP contribution in [0, 0.1) is 5.41 Å². The molecule has 0 aliphatic carbocycles. The summed E-state index contributed by atoms with van der Waals surface area (Å²) in [5.41, 5.74) is 3.16. The second-order valence-corrected chi connectivity index (χ2v) is 5.08. The second-order valence-electron chi connectivity index (χ2n) is 5.08. The van der Waals surface area contributed by atoms with Gasteiger partial charge in [-0.15, -0.1) is 0 Å². The molecule has 0 unspecified atom stereocenters. The van der Waals surface area contributed by atoms with Gasteiger partial charge in [-0.2, -0.15) is 0 Å². The molecule has 78 valence electrons. The van der Waals surface area contributed by atoms with Crippen molar-refractivity contribution in [3.05, 3.63) is 35.4 Å². The van der Waals surface area contributed by atoms with Crippen molar-refractivity contribution in [2.24, 2.45) is 5.41 Å². The first kappa shape index (κ1) is 11.3. The van der Waals surface area contributed by atoms with Gasteiger partial charge < -0.3 is 5.32 Å². The van der Waals surface area contributed by atoms with Gasteiger partial charge in [-0.25, -0.2) is 0 Å². The molecular formula is C13H21N. The summed E-state index contributed by atoms with van der Waals surface area (Å²) >= 11 is 0. The Hall–Kier alpha value is -0.820. The van der Waals surface area contributed by atoms with Gasteiger partial charge >= 0.3 is 0 Å². The predicted octanol–water partition coefficient (Wildman–Crippen LogP) is 2.99. The van der Waals surface area contributed by atoms with Crippen LogP contribution in [0.1, 0.15) is 31.9 Å². The van der Waals surface area contributed by atoms with Crippen LogP contribution < -0.4 is 5.32 Å². The Kier molecular flexibility index (Phi) is 3.70. The highest BCUT2D eigenvalue weighted by Crippen LogP contribution is 2.20. The van der Waals surface area contributed by atoms with E-state index in [4.69, 9.17) is 0 Å². The fraction of sp³-hybridized carbons (Fsp3) is 0.538. The molecule has 1 rings (SSSR count). The minimum atomic E-state index is 0.379. The maximum Gasteiger partial charge on any atom is 0.0202 e. The van der Waals surface area contributed by atoms with Crippen molar-refractivity contribution in [2.45, 2.75) is 33.7 Å². The fourth-order valence-electron chi connectivity index (χ4n) is 1.59. The van der Waals surface area contributed by atoms with Crippen LogP contribution >= 0.6 is 0 Å². The Morgan fingerprint density at radius 3 is 1.93 bits per heavy atom. The van der Waals surface area contributed by atoms with E-state index in [1.165, 1.54) is 11.1 Å². The van der Waals surface area contributed by atoms with Gasteiger partial charge in [0.25, 0.3) is 0 Å². The van der Waals surface area contributed by atoms with Crippen molar-refractivity contribution in [3.63, 3.8) is 0 Å². The van der Waals surface area contributed by atoms with Crippen molar-refractivity contribution < 1.29 is 0 Å². The highest BCUT2D eigenvalue weighted by atomic mass is 14.8. The average molecular weight is 191 g/mol. The summed E-state index contributed by atoms with van der Waals surface area (Å²) in [6, 6.07) is 8.88. The third kappa shape index (κ3) is 3.93. The van der Waals surface area contributed by atoms with Gasteiger partial charge in [0.1, 0.15) is 0 Å². The summed E-state index contributed by atoms with van der Waals surface area (Å²) < 4.78 is 0. The van der Waals surface area contributed by atoms with Gasteiger partial charge in [0.2, 0.25) is 0 Å². The molecule has 1 N–H and O–H groups in total. The Balaban J connectivity index is 2.64. The van der Waals surface area contributed by atoms with Crippen LogP contribution in [0.15, 0.2) is 24.3 Å². The van der Waals surface area contributed by atoms with E-state index in [1.807, 2.05) is 7.05 Å². The molecule has 1 aromatic rings. The minimum absolute atomic E-state index is 0.379. The normalized spacial score (nSPS) is 11.7. The van der Waals surface area contributed by atoms with Crippen LogP contribution in [0.5, 0.6) is 0 Å². The van der Waals surface area contributed by atoms with Gasteiger partial charge in [0.15, 0.2) is 0 Å². The summed E-state index contributed by atoms with van der Waals surface area (Å²) in [6.45, 7) is 7.77. The first-order chi connectivity index (χ1) is 6.51. The molecular weight excluding hydrogens is 170 g/mol. The van der Waals surface area contributed by atoms with Gasteiger partial charge in [-0.1, -0.05) is 45.0 Å². The Labute approximate surface area is 87.5 Å². The molecule has 0 aliphatic rings. The highest BCUT2D eigenvalue weighted by Gasteiger charge is 2.10. The summed E-state index contributed by atoms with van der Waals surface area (Å²) in [6.07, 6.45) is 1.15. The zero-order chi connectivity index (χ0) is 10.6. The van der Waals surface area contributed by atoms with Gasteiger partial charge in [-0.3, -0.25) is 0 Å². The van der Waals surface area contributed by atoms with E-state index in [0.717, 1.165) is 13.0 Å². The summed E-state index contributed by atoms with van der Waals surface area (Å²) in [7, 11) is 1.98. The molecule has 1 heteroatoms. The van der Waals surface area contributed by atoms with E-state index in [9.17, 15) is 0 Å². The third-order valence-corrected chi connectivity index (χ3v) is 2.14. The number of benzene rings is 1. The minimum Gasteiger partial charge on any atom is -0.316 e. The van der Waals surface area contributed by atoms with Crippen LogP contribution in [-0.4, -0.2) is 7.05 Å². The van der Waals surface area contributed by atoms with Crippen molar-refractivity contribution in [2.75, 3.05) is 7.05 Å². The summed E-state index contributed by atoms with van der Waals surface area (Å²) in [5.74, 6) is 0. The second kappa shape index (κ2) is 4.61. The molecule has 0 fully saturated rings. The molecule has 0 atom stereocenters. The maximum atomic E-state index is 3.15. The van der Waals surface area contributed by atoms with Crippen molar-refractivity contribution >= 4 is 0 Å². The topological polar surface area (TPSA) is 12.0 Å². The van der Waals surface area contributed by atoms with Crippen molar-refractivity contribution in [1.82, 2.24) is 5.32 Å². The maximum absolute atomic E-state index is 3.15. The molecule has 0 aliphatic heterocycles. The monoisotopic (exact) mass is 191 g/mol. The van der Waals surface area contributed by atoms with Crippen molar-refractivity contribution in [3.8, 4) is 0 Å². The predicted molar refractivity (Wildman–Crippen MR) is 62.4 cm³/mol. The zero-order valence-electron chi connectivity index (χ0n) is 9.72. The van der Waals surface area contributed by atoms with Crippen molar-refractivity contribution in [1.29, 1.82) is 0 Å². The zero-order valence-corrected chi connectivity index (χ0v) is 9.72. The highest BCUT2D eigenvalue weighted by molar-refractivity contribution is 5.23.